The summed E-state index contributed by atoms with van der Waals surface area (Å²) in [6.45, 7) is 4.43. The zero-order chi connectivity index (χ0) is 20.7. The minimum Gasteiger partial charge on any atom is -0.218 e. The first-order chi connectivity index (χ1) is 14.1. The van der Waals surface area contributed by atoms with Gasteiger partial charge in [-0.05, 0) is 59.7 Å². The zero-order valence-electron chi connectivity index (χ0n) is 17.6. The summed E-state index contributed by atoms with van der Waals surface area (Å²) in [5.74, 6) is 0. The van der Waals surface area contributed by atoms with Crippen molar-refractivity contribution in [2.24, 2.45) is 0 Å². The first-order valence-electron chi connectivity index (χ1n) is 10.9. The second kappa shape index (κ2) is 10.7. The third-order valence-corrected chi connectivity index (χ3v) is 9.54. The van der Waals surface area contributed by atoms with Crippen molar-refractivity contribution >= 4 is 42.3 Å². The molecule has 0 bridgehead atoms. The van der Waals surface area contributed by atoms with Crippen LogP contribution in [0.15, 0.2) is 46.2 Å². The molecule has 0 unspecified atom stereocenters. The van der Waals surface area contributed by atoms with Gasteiger partial charge in [-0.15, -0.1) is 22.7 Å². The van der Waals surface area contributed by atoms with Gasteiger partial charge in [-0.1, -0.05) is 64.5 Å². The fourth-order valence-electron chi connectivity index (χ4n) is 4.06. The van der Waals surface area contributed by atoms with Gasteiger partial charge in [0.05, 0.1) is 9.81 Å². The predicted octanol–water partition coefficient (Wildman–Crippen LogP) is 8.30. The highest BCUT2D eigenvalue weighted by atomic mass is 32.2. The molecule has 0 spiro atoms. The fraction of sp³-hybridized carbons (Fsp3) is 0.500. The van der Waals surface area contributed by atoms with Crippen molar-refractivity contribution in [1.29, 1.82) is 0 Å². The highest BCUT2D eigenvalue weighted by Crippen LogP contribution is 2.51. The third-order valence-electron chi connectivity index (χ3n) is 5.50. The SMILES string of the molecule is CCCCCCC1=C(c2cccs2)S(=O)(=O)C(c2cccs2)=C1CCCCCC. The van der Waals surface area contributed by atoms with Gasteiger partial charge in [-0.25, -0.2) is 8.42 Å². The molecule has 2 aromatic rings. The Morgan fingerprint density at radius 2 is 1.14 bits per heavy atom. The summed E-state index contributed by atoms with van der Waals surface area (Å²) in [5.41, 5.74) is 2.20. The first-order valence-corrected chi connectivity index (χ1v) is 14.1. The molecule has 0 fully saturated rings. The summed E-state index contributed by atoms with van der Waals surface area (Å²) in [6.07, 6.45) is 11.0. The second-order valence-corrected chi connectivity index (χ2v) is 11.4. The number of hydrogen-bond donors (Lipinski definition) is 0. The molecule has 1 aliphatic rings. The van der Waals surface area contributed by atoms with Gasteiger partial charge in [0.15, 0.2) is 0 Å². The van der Waals surface area contributed by atoms with E-state index in [0.717, 1.165) is 59.4 Å². The van der Waals surface area contributed by atoms with Crippen molar-refractivity contribution in [2.45, 2.75) is 78.1 Å². The van der Waals surface area contributed by atoms with E-state index in [4.69, 9.17) is 0 Å². The number of rotatable bonds is 12. The van der Waals surface area contributed by atoms with Gasteiger partial charge < -0.3 is 0 Å². The molecular formula is C24H32O2S3. The monoisotopic (exact) mass is 448 g/mol. The molecule has 5 heteroatoms. The molecule has 0 aromatic carbocycles. The van der Waals surface area contributed by atoms with E-state index >= 15 is 0 Å². The van der Waals surface area contributed by atoms with E-state index < -0.39 is 9.84 Å². The van der Waals surface area contributed by atoms with E-state index in [1.54, 1.807) is 22.7 Å². The molecule has 0 N–H and O–H groups in total. The van der Waals surface area contributed by atoms with Gasteiger partial charge in [-0.2, -0.15) is 0 Å². The van der Waals surface area contributed by atoms with E-state index in [1.807, 2.05) is 35.0 Å². The molecule has 2 nitrogen and oxygen atoms in total. The minimum absolute atomic E-state index is 0.595. The van der Waals surface area contributed by atoms with Crippen molar-refractivity contribution in [3.63, 3.8) is 0 Å². The Bertz CT molecular complexity index is 858. The van der Waals surface area contributed by atoms with Crippen LogP contribution >= 0.6 is 22.7 Å². The Balaban J connectivity index is 2.05. The lowest BCUT2D eigenvalue weighted by Gasteiger charge is -2.11. The Morgan fingerprint density at radius 1 is 0.690 bits per heavy atom. The minimum atomic E-state index is -3.48. The van der Waals surface area contributed by atoms with Crippen LogP contribution in [0.3, 0.4) is 0 Å². The fourth-order valence-corrected chi connectivity index (χ4v) is 8.36. The number of hydrogen-bond acceptors (Lipinski definition) is 4. The van der Waals surface area contributed by atoms with E-state index in [1.165, 1.54) is 25.7 Å². The number of unbranched alkanes of at least 4 members (excludes halogenated alkanes) is 6. The van der Waals surface area contributed by atoms with Gasteiger partial charge in [0, 0.05) is 9.75 Å². The van der Waals surface area contributed by atoms with Crippen molar-refractivity contribution in [2.75, 3.05) is 0 Å². The van der Waals surface area contributed by atoms with Gasteiger partial charge in [-0.3, -0.25) is 0 Å². The van der Waals surface area contributed by atoms with E-state index in [-0.39, 0.29) is 0 Å². The summed E-state index contributed by atoms with van der Waals surface area (Å²) in [6, 6.07) is 7.86. The summed E-state index contributed by atoms with van der Waals surface area (Å²) in [4.78, 5) is 2.98. The quantitative estimate of drug-likeness (QED) is 0.306. The highest BCUT2D eigenvalue weighted by molar-refractivity contribution is 8.09. The summed E-state index contributed by atoms with van der Waals surface area (Å²) >= 11 is 3.09. The second-order valence-electron chi connectivity index (χ2n) is 7.69. The molecule has 29 heavy (non-hydrogen) atoms. The Morgan fingerprint density at radius 3 is 1.48 bits per heavy atom. The van der Waals surface area contributed by atoms with E-state index in [9.17, 15) is 8.42 Å². The number of allylic oxidation sites excluding steroid dienone is 2. The predicted molar refractivity (Wildman–Crippen MR) is 129 cm³/mol. The van der Waals surface area contributed by atoms with E-state index in [2.05, 4.69) is 13.8 Å². The van der Waals surface area contributed by atoms with Crippen molar-refractivity contribution in [1.82, 2.24) is 0 Å². The molecule has 158 valence electrons. The van der Waals surface area contributed by atoms with Crippen molar-refractivity contribution in [3.8, 4) is 0 Å². The Labute approximate surface area is 184 Å². The van der Waals surface area contributed by atoms with Crippen LogP contribution < -0.4 is 0 Å². The van der Waals surface area contributed by atoms with Crippen LogP contribution in [0, 0.1) is 0 Å². The molecule has 0 radical (unpaired) electrons. The van der Waals surface area contributed by atoms with Crippen LogP contribution in [0.2, 0.25) is 0 Å². The Hall–Kier alpha value is -1.17. The average molecular weight is 449 g/mol. The van der Waals surface area contributed by atoms with Gasteiger partial charge >= 0.3 is 0 Å². The Kier molecular flexibility index (Phi) is 8.34. The van der Waals surface area contributed by atoms with Crippen LogP contribution in [-0.4, -0.2) is 8.42 Å². The van der Waals surface area contributed by atoms with Gasteiger partial charge in [0.1, 0.15) is 0 Å². The summed E-state index contributed by atoms with van der Waals surface area (Å²) in [7, 11) is -3.48. The standard InChI is InChI=1S/C24H32O2S3/c1-3-5-7-9-13-19-20(14-10-8-6-4-2)24(22-16-12-18-28-22)29(25,26)23(19)21-15-11-17-27-21/h11-12,15-18H,3-10,13-14H2,1-2H3. The smallest absolute Gasteiger partial charge is 0.209 e. The zero-order valence-corrected chi connectivity index (χ0v) is 20.0. The lowest BCUT2D eigenvalue weighted by Crippen LogP contribution is -2.01. The lowest BCUT2D eigenvalue weighted by atomic mass is 9.93. The first kappa shape index (κ1) is 22.5. The molecule has 0 saturated carbocycles. The molecular weight excluding hydrogens is 416 g/mol. The topological polar surface area (TPSA) is 34.1 Å². The molecule has 0 aliphatic carbocycles. The van der Waals surface area contributed by atoms with Crippen LogP contribution in [0.1, 0.15) is 87.8 Å². The molecule has 3 heterocycles. The number of sulfone groups is 1. The van der Waals surface area contributed by atoms with Crippen LogP contribution in [-0.2, 0) is 9.84 Å². The van der Waals surface area contributed by atoms with Gasteiger partial charge in [0.2, 0.25) is 9.84 Å². The van der Waals surface area contributed by atoms with Crippen LogP contribution in [0.5, 0.6) is 0 Å². The maximum atomic E-state index is 13.8. The van der Waals surface area contributed by atoms with Crippen molar-refractivity contribution < 1.29 is 8.42 Å². The van der Waals surface area contributed by atoms with Crippen LogP contribution in [0.25, 0.3) is 9.81 Å². The number of thiophene rings is 2. The maximum Gasteiger partial charge on any atom is 0.209 e. The van der Waals surface area contributed by atoms with Gasteiger partial charge in [0.25, 0.3) is 0 Å². The lowest BCUT2D eigenvalue weighted by molar-refractivity contribution is 0.615. The molecule has 2 aromatic heterocycles. The molecule has 3 rings (SSSR count). The highest BCUT2D eigenvalue weighted by Gasteiger charge is 2.39. The summed E-state index contributed by atoms with van der Waals surface area (Å²) in [5, 5.41) is 3.97. The van der Waals surface area contributed by atoms with Crippen molar-refractivity contribution in [3.05, 3.63) is 55.9 Å². The molecule has 0 amide bonds. The molecule has 1 aliphatic heterocycles. The summed E-state index contributed by atoms with van der Waals surface area (Å²) < 4.78 is 27.6. The normalized spacial score (nSPS) is 16.2. The molecule has 0 saturated heterocycles. The van der Waals surface area contributed by atoms with E-state index in [0.29, 0.717) is 9.81 Å². The average Bonchev–Trinajstić information content (AvgIpc) is 3.43. The maximum absolute atomic E-state index is 13.8. The third kappa shape index (κ3) is 5.12. The largest absolute Gasteiger partial charge is 0.218 e. The molecule has 0 atom stereocenters. The van der Waals surface area contributed by atoms with Crippen LogP contribution in [0.4, 0.5) is 0 Å².